The van der Waals surface area contributed by atoms with Crippen LogP contribution in [-0.4, -0.2) is 37.0 Å². The van der Waals surface area contributed by atoms with Crippen LogP contribution in [0.1, 0.15) is 50.7 Å². The molecule has 0 radical (unpaired) electrons. The zero-order valence-corrected chi connectivity index (χ0v) is 17.0. The molecule has 0 aliphatic carbocycles. The van der Waals surface area contributed by atoms with E-state index >= 15 is 0 Å². The number of anilines is 1. The van der Waals surface area contributed by atoms with Crippen molar-refractivity contribution in [3.8, 4) is 0 Å². The zero-order chi connectivity index (χ0) is 19.8. The Morgan fingerprint density at radius 1 is 0.963 bits per heavy atom. The molecule has 5 nitrogen and oxygen atoms in total. The molecule has 0 bridgehead atoms. The smallest absolute Gasteiger partial charge is 0.244 e. The molecule has 0 N–H and O–H groups in total. The topological polar surface area (TPSA) is 63.5 Å². The number of nitrogens with zero attached hydrogens (tertiary/aromatic N) is 2. The fraction of sp³-hybridized carbons (Fsp3) is 0.381. The Balaban J connectivity index is 2.11. The predicted molar refractivity (Wildman–Crippen MR) is 107 cm³/mol. The lowest BCUT2D eigenvalue weighted by Crippen LogP contribution is -2.20. The molecular formula is C21H26N2O3S. The van der Waals surface area contributed by atoms with Crippen molar-refractivity contribution < 1.29 is 17.5 Å². The van der Waals surface area contributed by atoms with Gasteiger partial charge < -0.3 is 4.55 Å². The Hall–Kier alpha value is -2.18. The van der Waals surface area contributed by atoms with Crippen LogP contribution in [0, 0.1) is 0 Å². The van der Waals surface area contributed by atoms with E-state index in [0.717, 1.165) is 6.54 Å². The quantitative estimate of drug-likeness (QED) is 0.575. The molecule has 0 atom stereocenters. The van der Waals surface area contributed by atoms with Crippen molar-refractivity contribution in [1.29, 1.82) is 0 Å². The van der Waals surface area contributed by atoms with Gasteiger partial charge in [0.05, 0.1) is 0 Å². The monoisotopic (exact) mass is 386 g/mol. The van der Waals surface area contributed by atoms with Crippen LogP contribution < -0.4 is 4.90 Å². The second-order valence-electron chi connectivity index (χ2n) is 7.52. The summed E-state index contributed by atoms with van der Waals surface area (Å²) >= 11 is 0. The molecule has 6 heteroatoms. The average Bonchev–Trinajstić information content (AvgIpc) is 3.09. The maximum atomic E-state index is 11.6. The molecule has 1 heterocycles. The van der Waals surface area contributed by atoms with E-state index < -0.39 is 10.1 Å². The first-order valence-corrected chi connectivity index (χ1v) is 10.7. The van der Waals surface area contributed by atoms with Gasteiger partial charge in [0.15, 0.2) is 0 Å². The minimum absolute atomic E-state index is 0.177. The van der Waals surface area contributed by atoms with Crippen molar-refractivity contribution in [3.05, 3.63) is 53.6 Å². The van der Waals surface area contributed by atoms with E-state index in [4.69, 9.17) is 0 Å². The van der Waals surface area contributed by atoms with Crippen molar-refractivity contribution in [2.45, 2.75) is 44.4 Å². The van der Waals surface area contributed by atoms with E-state index in [9.17, 15) is 13.0 Å². The molecular weight excluding hydrogens is 360 g/mol. The summed E-state index contributed by atoms with van der Waals surface area (Å²) in [6.07, 6.45) is 1.93. The van der Waals surface area contributed by atoms with Gasteiger partial charge in [0.2, 0.25) is 6.34 Å². The molecule has 0 fully saturated rings. The summed E-state index contributed by atoms with van der Waals surface area (Å²) in [6.45, 7) is 10.1. The molecule has 0 saturated carbocycles. The van der Waals surface area contributed by atoms with E-state index in [1.807, 2.05) is 11.2 Å². The first-order valence-electron chi connectivity index (χ1n) is 9.26. The van der Waals surface area contributed by atoms with Crippen LogP contribution in [0.15, 0.2) is 47.4 Å². The number of benzene rings is 2. The van der Waals surface area contributed by atoms with Gasteiger partial charge in [-0.2, -0.15) is 0 Å². The average molecular weight is 387 g/mol. The summed E-state index contributed by atoms with van der Waals surface area (Å²) in [4.78, 5) is 1.68. The Morgan fingerprint density at radius 2 is 1.56 bits per heavy atom. The zero-order valence-electron chi connectivity index (χ0n) is 16.2. The number of rotatable bonds is 5. The van der Waals surface area contributed by atoms with Crippen molar-refractivity contribution in [3.63, 3.8) is 0 Å². The lowest BCUT2D eigenvalue weighted by atomic mass is 9.92. The van der Waals surface area contributed by atoms with Crippen LogP contribution in [0.3, 0.4) is 0 Å². The van der Waals surface area contributed by atoms with E-state index in [-0.39, 0.29) is 4.90 Å². The van der Waals surface area contributed by atoms with Gasteiger partial charge in [-0.3, -0.25) is 0 Å². The lowest BCUT2D eigenvalue weighted by Gasteiger charge is -2.18. The fourth-order valence-electron chi connectivity index (χ4n) is 3.60. The van der Waals surface area contributed by atoms with Gasteiger partial charge in [0.25, 0.3) is 0 Å². The summed E-state index contributed by atoms with van der Waals surface area (Å²) in [5.41, 5.74) is 4.16. The van der Waals surface area contributed by atoms with Crippen molar-refractivity contribution in [2.75, 3.05) is 18.0 Å². The number of para-hydroxylation sites is 2. The molecule has 0 spiro atoms. The van der Waals surface area contributed by atoms with Gasteiger partial charge in [-0.25, -0.2) is 17.9 Å². The van der Waals surface area contributed by atoms with E-state index in [1.165, 1.54) is 22.9 Å². The minimum Gasteiger partial charge on any atom is -0.744 e. The highest BCUT2D eigenvalue weighted by atomic mass is 32.2. The molecule has 1 aliphatic heterocycles. The predicted octanol–water partition coefficient (Wildman–Crippen LogP) is 4.03. The largest absolute Gasteiger partial charge is 0.744 e. The molecule has 0 saturated heterocycles. The van der Waals surface area contributed by atoms with Gasteiger partial charge in [-0.15, -0.1) is 0 Å². The first kappa shape index (κ1) is 19.6. The normalized spacial score (nSPS) is 14.9. The van der Waals surface area contributed by atoms with Gasteiger partial charge in [0, 0.05) is 11.1 Å². The molecule has 3 rings (SSSR count). The molecule has 1 aliphatic rings. The molecule has 27 heavy (non-hydrogen) atoms. The summed E-state index contributed by atoms with van der Waals surface area (Å²) in [7, 11) is -4.53. The van der Waals surface area contributed by atoms with E-state index in [0.29, 0.717) is 24.1 Å². The Kier molecular flexibility index (Phi) is 5.40. The molecule has 2 aromatic carbocycles. The first-order chi connectivity index (χ1) is 12.7. The molecule has 144 valence electrons. The summed E-state index contributed by atoms with van der Waals surface area (Å²) in [5.74, 6) is 0.742. The number of hydrogen-bond acceptors (Lipinski definition) is 4. The summed E-state index contributed by atoms with van der Waals surface area (Å²) < 4.78 is 37.1. The van der Waals surface area contributed by atoms with Crippen LogP contribution in [0.5, 0.6) is 0 Å². The Bertz CT molecular complexity index is 952. The summed E-state index contributed by atoms with van der Waals surface area (Å²) in [5, 5.41) is 0. The van der Waals surface area contributed by atoms with Crippen LogP contribution in [-0.2, 0) is 10.1 Å². The number of hydrogen-bond donors (Lipinski definition) is 0. The van der Waals surface area contributed by atoms with Gasteiger partial charge >= 0.3 is 0 Å². The molecule has 0 aromatic heterocycles. The highest BCUT2D eigenvalue weighted by molar-refractivity contribution is 7.86. The van der Waals surface area contributed by atoms with Gasteiger partial charge in [-0.1, -0.05) is 58.0 Å². The van der Waals surface area contributed by atoms with E-state index in [2.05, 4.69) is 50.5 Å². The molecule has 0 amide bonds. The molecule has 0 unspecified atom stereocenters. The highest BCUT2D eigenvalue weighted by Crippen LogP contribution is 2.35. The van der Waals surface area contributed by atoms with Crippen LogP contribution in [0.2, 0.25) is 0 Å². The minimum atomic E-state index is -4.53. The van der Waals surface area contributed by atoms with Crippen molar-refractivity contribution in [1.82, 2.24) is 0 Å². The second-order valence-corrected chi connectivity index (χ2v) is 8.87. The maximum absolute atomic E-state index is 11.6. The van der Waals surface area contributed by atoms with Crippen LogP contribution in [0.25, 0.3) is 0 Å². The third-order valence-electron chi connectivity index (χ3n) is 4.93. The third-order valence-corrected chi connectivity index (χ3v) is 5.82. The molecule has 2 aromatic rings. The Morgan fingerprint density at radius 3 is 2.11 bits per heavy atom. The van der Waals surface area contributed by atoms with Gasteiger partial charge in [0.1, 0.15) is 39.5 Å². The summed E-state index contributed by atoms with van der Waals surface area (Å²) in [6, 6.07) is 12.8. The SMILES string of the molecule is CC(C)c1cccc(C(C)C)c1[N+]1=CN(c2ccccc2S(=O)(=O)[O-])CC1. The Labute approximate surface area is 161 Å². The van der Waals surface area contributed by atoms with E-state index in [1.54, 1.807) is 18.2 Å². The maximum Gasteiger partial charge on any atom is 0.244 e. The highest BCUT2D eigenvalue weighted by Gasteiger charge is 2.29. The standard InChI is InChI=1S/C21H26N2O3S/c1-15(2)17-8-7-9-18(16(3)4)21(17)23-13-12-22(14-23)19-10-5-6-11-20(19)27(24,25)26/h5-11,14-16H,12-13H2,1-4H3. The van der Waals surface area contributed by atoms with Gasteiger partial charge in [-0.05, 0) is 24.0 Å². The van der Waals surface area contributed by atoms with Crippen molar-refractivity contribution in [2.24, 2.45) is 0 Å². The third kappa shape index (κ3) is 3.92. The lowest BCUT2D eigenvalue weighted by molar-refractivity contribution is -0.425. The van der Waals surface area contributed by atoms with Crippen molar-refractivity contribution >= 4 is 27.8 Å². The fourth-order valence-corrected chi connectivity index (χ4v) is 4.29. The second kappa shape index (κ2) is 7.44. The van der Waals surface area contributed by atoms with Crippen LogP contribution >= 0.6 is 0 Å². The van der Waals surface area contributed by atoms with Crippen LogP contribution in [0.4, 0.5) is 11.4 Å².